The van der Waals surface area contributed by atoms with Crippen molar-refractivity contribution in [2.45, 2.75) is 38.1 Å². The molecule has 1 fully saturated rings. The molecule has 0 unspecified atom stereocenters. The van der Waals surface area contributed by atoms with E-state index in [1.807, 2.05) is 0 Å². The Labute approximate surface area is 152 Å². The molecule has 0 aromatic heterocycles. The number of esters is 1. The van der Waals surface area contributed by atoms with Crippen molar-refractivity contribution in [3.05, 3.63) is 47.0 Å². The topological polar surface area (TPSA) is 63.7 Å². The number of amides is 1. The van der Waals surface area contributed by atoms with Crippen LogP contribution in [0.15, 0.2) is 36.4 Å². The average Bonchev–Trinajstić information content (AvgIpc) is 2.60. The zero-order valence-electron chi connectivity index (χ0n) is 14.5. The van der Waals surface area contributed by atoms with Crippen molar-refractivity contribution in [1.29, 1.82) is 0 Å². The van der Waals surface area contributed by atoms with Crippen LogP contribution in [0.3, 0.4) is 0 Å². The van der Waals surface area contributed by atoms with Gasteiger partial charge in [-0.25, -0.2) is 4.79 Å². The summed E-state index contributed by atoms with van der Waals surface area (Å²) in [4.78, 5) is 38.3. The number of halogens is 1. The molecule has 0 radical (unpaired) electrons. The molecule has 0 aliphatic heterocycles. The first kappa shape index (κ1) is 19.2. The smallest absolute Gasteiger partial charge is 0.330 e. The molecule has 25 heavy (non-hydrogen) atoms. The lowest BCUT2D eigenvalue weighted by Crippen LogP contribution is -2.55. The molecule has 2 rings (SSSR count). The molecule has 1 amide bonds. The molecule has 6 heteroatoms. The van der Waals surface area contributed by atoms with E-state index in [1.54, 1.807) is 38.2 Å². The lowest BCUT2D eigenvalue weighted by molar-refractivity contribution is -0.155. The highest BCUT2D eigenvalue weighted by molar-refractivity contribution is 6.31. The summed E-state index contributed by atoms with van der Waals surface area (Å²) in [5.41, 5.74) is -0.488. The maximum absolute atomic E-state index is 12.9. The molecule has 1 aromatic rings. The van der Waals surface area contributed by atoms with Crippen LogP contribution < -0.4 is 0 Å². The molecule has 0 saturated heterocycles. The van der Waals surface area contributed by atoms with Gasteiger partial charge in [0.05, 0.1) is 0 Å². The van der Waals surface area contributed by atoms with Gasteiger partial charge in [-0.2, -0.15) is 0 Å². The molecule has 1 atom stereocenters. The fourth-order valence-electron chi connectivity index (χ4n) is 3.26. The molecule has 1 aliphatic rings. The number of carbonyl (C=O) groups is 3. The van der Waals surface area contributed by atoms with Crippen LogP contribution in [0.1, 0.15) is 38.2 Å². The summed E-state index contributed by atoms with van der Waals surface area (Å²) in [6, 6.07) is 7.08. The van der Waals surface area contributed by atoms with E-state index in [0.29, 0.717) is 23.4 Å². The van der Waals surface area contributed by atoms with E-state index >= 15 is 0 Å². The van der Waals surface area contributed by atoms with Crippen molar-refractivity contribution in [3.8, 4) is 0 Å². The summed E-state index contributed by atoms with van der Waals surface area (Å²) >= 11 is 6.35. The van der Waals surface area contributed by atoms with Gasteiger partial charge in [0.25, 0.3) is 5.91 Å². The second-order valence-corrected chi connectivity index (χ2v) is 6.44. The lowest BCUT2D eigenvalue weighted by Gasteiger charge is -2.43. The quantitative estimate of drug-likeness (QED) is 0.595. The fourth-order valence-corrected chi connectivity index (χ4v) is 3.55. The maximum atomic E-state index is 12.9. The minimum Gasteiger partial charge on any atom is -0.452 e. The monoisotopic (exact) mass is 363 g/mol. The van der Waals surface area contributed by atoms with E-state index in [0.717, 1.165) is 12.8 Å². The zero-order valence-corrected chi connectivity index (χ0v) is 15.2. The average molecular weight is 364 g/mol. The third-order valence-electron chi connectivity index (χ3n) is 4.56. The SMILES string of the molecule is C/C=C/C(=O)OCC(=O)N(C)[C@]1(c2ccccc2Cl)CCCCC1=O. The van der Waals surface area contributed by atoms with Crippen LogP contribution in [0.4, 0.5) is 0 Å². The summed E-state index contributed by atoms with van der Waals surface area (Å²) in [5, 5.41) is 0.448. The fraction of sp³-hybridized carbons (Fsp3) is 0.421. The Morgan fingerprint density at radius 2 is 2.04 bits per heavy atom. The molecule has 0 N–H and O–H groups in total. The first-order valence-corrected chi connectivity index (χ1v) is 8.65. The molecule has 0 spiro atoms. The molecule has 1 saturated carbocycles. The number of likely N-dealkylation sites (N-methyl/N-ethyl adjacent to an activating group) is 1. The zero-order chi connectivity index (χ0) is 18.4. The molecular weight excluding hydrogens is 342 g/mol. The number of hydrogen-bond acceptors (Lipinski definition) is 4. The summed E-state index contributed by atoms with van der Waals surface area (Å²) < 4.78 is 4.94. The van der Waals surface area contributed by atoms with Gasteiger partial charge in [-0.3, -0.25) is 9.59 Å². The minimum absolute atomic E-state index is 0.0394. The van der Waals surface area contributed by atoms with Crippen molar-refractivity contribution < 1.29 is 19.1 Å². The van der Waals surface area contributed by atoms with Crippen molar-refractivity contribution in [3.63, 3.8) is 0 Å². The van der Waals surface area contributed by atoms with Crippen LogP contribution in [-0.4, -0.2) is 36.2 Å². The van der Waals surface area contributed by atoms with E-state index in [2.05, 4.69) is 0 Å². The highest BCUT2D eigenvalue weighted by Gasteiger charge is 2.47. The van der Waals surface area contributed by atoms with Gasteiger partial charge < -0.3 is 9.64 Å². The van der Waals surface area contributed by atoms with Crippen molar-refractivity contribution in [2.75, 3.05) is 13.7 Å². The largest absolute Gasteiger partial charge is 0.452 e. The van der Waals surface area contributed by atoms with Gasteiger partial charge in [0.15, 0.2) is 12.4 Å². The Balaban J connectivity index is 2.33. The van der Waals surface area contributed by atoms with Gasteiger partial charge in [0.1, 0.15) is 5.54 Å². The summed E-state index contributed by atoms with van der Waals surface area (Å²) in [6.07, 6.45) is 5.27. The number of ether oxygens (including phenoxy) is 1. The number of allylic oxidation sites excluding steroid dienone is 1. The number of benzene rings is 1. The van der Waals surface area contributed by atoms with Gasteiger partial charge >= 0.3 is 5.97 Å². The van der Waals surface area contributed by atoms with E-state index in [9.17, 15) is 14.4 Å². The predicted molar refractivity (Wildman–Crippen MR) is 95.1 cm³/mol. The molecular formula is C19H22ClNO4. The summed E-state index contributed by atoms with van der Waals surface area (Å²) in [5.74, 6) is -1.07. The van der Waals surface area contributed by atoms with Gasteiger partial charge in [-0.05, 0) is 32.3 Å². The summed E-state index contributed by atoms with van der Waals surface area (Å²) in [6.45, 7) is 1.27. The molecule has 0 bridgehead atoms. The number of rotatable bonds is 5. The first-order chi connectivity index (χ1) is 11.9. The number of carbonyl (C=O) groups excluding carboxylic acids is 3. The van der Waals surface area contributed by atoms with E-state index in [-0.39, 0.29) is 5.78 Å². The molecule has 1 aromatic carbocycles. The third-order valence-corrected chi connectivity index (χ3v) is 4.89. The van der Waals surface area contributed by atoms with Gasteiger partial charge in [-0.1, -0.05) is 35.9 Å². The molecule has 5 nitrogen and oxygen atoms in total. The Morgan fingerprint density at radius 1 is 1.32 bits per heavy atom. The number of nitrogens with zero attached hydrogens (tertiary/aromatic N) is 1. The normalized spacial score (nSPS) is 20.5. The third kappa shape index (κ3) is 3.93. The van der Waals surface area contributed by atoms with E-state index in [1.165, 1.54) is 17.1 Å². The highest BCUT2D eigenvalue weighted by Crippen LogP contribution is 2.42. The van der Waals surface area contributed by atoms with Gasteiger partial charge in [-0.15, -0.1) is 0 Å². The van der Waals surface area contributed by atoms with Crippen LogP contribution in [0.5, 0.6) is 0 Å². The summed E-state index contributed by atoms with van der Waals surface area (Å²) in [7, 11) is 1.57. The number of Topliss-reactive ketones (excluding diaryl/α,β-unsaturated/α-hetero) is 1. The molecule has 1 aliphatic carbocycles. The van der Waals surface area contributed by atoms with Crippen molar-refractivity contribution in [2.24, 2.45) is 0 Å². The minimum atomic E-state index is -1.11. The Morgan fingerprint density at radius 3 is 2.68 bits per heavy atom. The van der Waals surface area contributed by atoms with Crippen LogP contribution >= 0.6 is 11.6 Å². The Hall–Kier alpha value is -2.14. The second-order valence-electron chi connectivity index (χ2n) is 6.03. The van der Waals surface area contributed by atoms with E-state index in [4.69, 9.17) is 16.3 Å². The Kier molecular flexibility index (Phi) is 6.37. The van der Waals surface area contributed by atoms with Crippen LogP contribution in [-0.2, 0) is 24.7 Å². The first-order valence-electron chi connectivity index (χ1n) is 8.28. The standard InChI is InChI=1S/C19H22ClNO4/c1-3-8-18(24)25-13-17(23)21(2)19(12-7-6-11-16(19)22)14-9-4-5-10-15(14)20/h3-5,8-10H,6-7,11-13H2,1-2H3/b8-3+/t19-/m0/s1. The number of hydrogen-bond donors (Lipinski definition) is 0. The highest BCUT2D eigenvalue weighted by atomic mass is 35.5. The maximum Gasteiger partial charge on any atom is 0.330 e. The number of ketones is 1. The van der Waals surface area contributed by atoms with Gasteiger partial charge in [0.2, 0.25) is 0 Å². The van der Waals surface area contributed by atoms with Crippen LogP contribution in [0.25, 0.3) is 0 Å². The second kappa shape index (κ2) is 8.30. The Bertz CT molecular complexity index is 700. The van der Waals surface area contributed by atoms with Crippen molar-refractivity contribution in [1.82, 2.24) is 4.90 Å². The van der Waals surface area contributed by atoms with Crippen LogP contribution in [0.2, 0.25) is 5.02 Å². The van der Waals surface area contributed by atoms with Gasteiger partial charge in [0, 0.05) is 30.1 Å². The van der Waals surface area contributed by atoms with E-state index < -0.39 is 24.0 Å². The van der Waals surface area contributed by atoms with Crippen LogP contribution in [0, 0.1) is 0 Å². The molecule has 0 heterocycles. The predicted octanol–water partition coefficient (Wildman–Crippen LogP) is 3.26. The van der Waals surface area contributed by atoms with Crippen molar-refractivity contribution >= 4 is 29.3 Å². The molecule has 134 valence electrons. The lowest BCUT2D eigenvalue weighted by atomic mass is 9.74.